The number of ether oxygens (including phenoxy) is 3. The molecule has 0 spiro atoms. The Morgan fingerprint density at radius 1 is 0.974 bits per heavy atom. The fraction of sp³-hybridized carbons (Fsp3) is 0.241. The fourth-order valence-electron chi connectivity index (χ4n) is 3.52. The maximum Gasteiger partial charge on any atom is 0.273 e. The highest BCUT2D eigenvalue weighted by Crippen LogP contribution is 2.33. The van der Waals surface area contributed by atoms with Crippen LogP contribution in [0.25, 0.3) is 11.5 Å². The lowest BCUT2D eigenvalue weighted by Crippen LogP contribution is -2.25. The normalized spacial score (nSPS) is 10.3. The van der Waals surface area contributed by atoms with Gasteiger partial charge in [-0.3, -0.25) is 4.79 Å². The molecule has 0 fully saturated rings. The van der Waals surface area contributed by atoms with E-state index in [9.17, 15) is 13.6 Å². The van der Waals surface area contributed by atoms with Crippen LogP contribution >= 0.6 is 0 Å². The second-order valence-corrected chi connectivity index (χ2v) is 7.92. The van der Waals surface area contributed by atoms with Gasteiger partial charge in [-0.15, -0.1) is 0 Å². The van der Waals surface area contributed by atoms with Crippen molar-refractivity contribution >= 4 is 5.91 Å². The summed E-state index contributed by atoms with van der Waals surface area (Å²) >= 11 is 0. The number of carbonyl (C=O) groups is 1. The summed E-state index contributed by atoms with van der Waals surface area (Å²) in [5.41, 5.74) is 7.32. The van der Waals surface area contributed by atoms with Crippen molar-refractivity contribution in [3.05, 3.63) is 94.9 Å². The van der Waals surface area contributed by atoms with Gasteiger partial charge in [0, 0.05) is 23.7 Å². The van der Waals surface area contributed by atoms with Gasteiger partial charge in [-0.2, -0.15) is 0 Å². The molecule has 0 aliphatic rings. The summed E-state index contributed by atoms with van der Waals surface area (Å²) in [5, 5.41) is 2.56. The number of nitrogens with one attached hydrogen (secondary N) is 1. The standard InChI is InChI=1S/C27H25F2N3O5.C2H6/c1-34-20-8-3-16(4-9-20)15-36-23-11-17(6-10-22(23)35-2)27-32-25(24(13-30)37-27)26(33)31-14-18-5-7-19(28)12-21(18)29;1-2/h3-12H,13-15,30H2,1-2H3,(H,31,33);1-2H3. The number of carbonyl (C=O) groups excluding carboxylic acids is 1. The maximum atomic E-state index is 13.9. The number of halogens is 2. The average Bonchev–Trinajstić information content (AvgIpc) is 3.41. The van der Waals surface area contributed by atoms with E-state index in [4.69, 9.17) is 24.4 Å². The van der Waals surface area contributed by atoms with Crippen molar-refractivity contribution in [2.75, 3.05) is 14.2 Å². The number of oxazole rings is 1. The number of hydrogen-bond acceptors (Lipinski definition) is 7. The van der Waals surface area contributed by atoms with Crippen LogP contribution in [-0.2, 0) is 19.7 Å². The van der Waals surface area contributed by atoms with E-state index in [1.807, 2.05) is 38.1 Å². The molecule has 0 saturated carbocycles. The molecule has 0 atom stereocenters. The molecule has 0 bridgehead atoms. The van der Waals surface area contributed by atoms with Crippen LogP contribution < -0.4 is 25.3 Å². The summed E-state index contributed by atoms with van der Waals surface area (Å²) in [6, 6.07) is 15.7. The second-order valence-electron chi connectivity index (χ2n) is 7.92. The van der Waals surface area contributed by atoms with Crippen LogP contribution in [0, 0.1) is 11.6 Å². The highest BCUT2D eigenvalue weighted by atomic mass is 19.1. The number of nitrogens with two attached hydrogens (primary N) is 1. The fourth-order valence-corrected chi connectivity index (χ4v) is 3.52. The first-order valence-corrected chi connectivity index (χ1v) is 12.3. The number of nitrogens with zero attached hydrogens (tertiary/aromatic N) is 1. The predicted molar refractivity (Wildman–Crippen MR) is 143 cm³/mol. The van der Waals surface area contributed by atoms with E-state index in [0.29, 0.717) is 17.1 Å². The second kappa shape index (κ2) is 13.9. The van der Waals surface area contributed by atoms with Crippen LogP contribution in [-0.4, -0.2) is 25.1 Å². The largest absolute Gasteiger partial charge is 0.497 e. The lowest BCUT2D eigenvalue weighted by atomic mass is 10.2. The smallest absolute Gasteiger partial charge is 0.273 e. The van der Waals surface area contributed by atoms with Crippen molar-refractivity contribution in [2.24, 2.45) is 5.73 Å². The summed E-state index contributed by atoms with van der Waals surface area (Å²) in [7, 11) is 3.13. The van der Waals surface area contributed by atoms with Crippen LogP contribution in [0.15, 0.2) is 65.1 Å². The molecule has 8 nitrogen and oxygen atoms in total. The van der Waals surface area contributed by atoms with Gasteiger partial charge < -0.3 is 29.7 Å². The van der Waals surface area contributed by atoms with Gasteiger partial charge in [-0.05, 0) is 42.0 Å². The van der Waals surface area contributed by atoms with Crippen molar-refractivity contribution < 1.29 is 32.2 Å². The van der Waals surface area contributed by atoms with E-state index < -0.39 is 17.5 Å². The lowest BCUT2D eigenvalue weighted by Gasteiger charge is -2.12. The quantitative estimate of drug-likeness (QED) is 0.269. The number of rotatable bonds is 10. The molecule has 4 aromatic rings. The minimum atomic E-state index is -0.763. The molecule has 3 aromatic carbocycles. The summed E-state index contributed by atoms with van der Waals surface area (Å²) in [6.07, 6.45) is 0. The molecular weight excluding hydrogens is 508 g/mol. The number of benzene rings is 3. The van der Waals surface area contributed by atoms with Crippen molar-refractivity contribution in [3.8, 4) is 28.7 Å². The lowest BCUT2D eigenvalue weighted by molar-refractivity contribution is 0.0944. The van der Waals surface area contributed by atoms with Crippen molar-refractivity contribution in [2.45, 2.75) is 33.5 Å². The molecule has 3 N–H and O–H groups in total. The molecule has 1 aromatic heterocycles. The summed E-state index contributed by atoms with van der Waals surface area (Å²) in [5.74, 6) is -0.0804. The molecule has 39 heavy (non-hydrogen) atoms. The highest BCUT2D eigenvalue weighted by Gasteiger charge is 2.21. The highest BCUT2D eigenvalue weighted by molar-refractivity contribution is 5.93. The Balaban J connectivity index is 0.00000205. The van der Waals surface area contributed by atoms with Gasteiger partial charge in [0.25, 0.3) is 5.91 Å². The molecular formula is C29H31F2N3O5. The third-order valence-corrected chi connectivity index (χ3v) is 5.52. The molecule has 0 radical (unpaired) electrons. The van der Waals surface area contributed by atoms with Gasteiger partial charge in [0.2, 0.25) is 5.89 Å². The number of methoxy groups -OCH3 is 2. The van der Waals surface area contributed by atoms with Crippen LogP contribution in [0.3, 0.4) is 0 Å². The van der Waals surface area contributed by atoms with Gasteiger partial charge in [-0.25, -0.2) is 13.8 Å². The molecule has 4 rings (SSSR count). The average molecular weight is 540 g/mol. The molecule has 10 heteroatoms. The van der Waals surface area contributed by atoms with Gasteiger partial charge in [0.15, 0.2) is 23.0 Å². The minimum Gasteiger partial charge on any atom is -0.497 e. The Kier molecular flexibility index (Phi) is 10.4. The SMILES string of the molecule is CC.COc1ccc(COc2cc(-c3nc(C(=O)NCc4ccc(F)cc4F)c(CN)o3)ccc2OC)cc1. The van der Waals surface area contributed by atoms with Crippen LogP contribution in [0.4, 0.5) is 8.78 Å². The van der Waals surface area contributed by atoms with Gasteiger partial charge in [-0.1, -0.05) is 32.0 Å². The predicted octanol–water partition coefficient (Wildman–Crippen LogP) is 5.63. The van der Waals surface area contributed by atoms with Crippen molar-refractivity contribution in [3.63, 3.8) is 0 Å². The van der Waals surface area contributed by atoms with E-state index in [2.05, 4.69) is 10.3 Å². The first-order valence-electron chi connectivity index (χ1n) is 12.3. The Hall–Kier alpha value is -4.44. The third-order valence-electron chi connectivity index (χ3n) is 5.52. The minimum absolute atomic E-state index is 0.0310. The summed E-state index contributed by atoms with van der Waals surface area (Å²) in [4.78, 5) is 17.1. The van der Waals surface area contributed by atoms with Crippen molar-refractivity contribution in [1.82, 2.24) is 10.3 Å². The monoisotopic (exact) mass is 539 g/mol. The Morgan fingerprint density at radius 3 is 2.36 bits per heavy atom. The Bertz CT molecular complexity index is 1390. The number of amides is 1. The van der Waals surface area contributed by atoms with E-state index in [-0.39, 0.29) is 42.6 Å². The van der Waals surface area contributed by atoms with Crippen LogP contribution in [0.5, 0.6) is 17.2 Å². The molecule has 1 heterocycles. The van der Waals surface area contributed by atoms with Gasteiger partial charge in [0.05, 0.1) is 20.8 Å². The molecule has 1 amide bonds. The number of hydrogen-bond donors (Lipinski definition) is 2. The zero-order valence-corrected chi connectivity index (χ0v) is 22.2. The van der Waals surface area contributed by atoms with Gasteiger partial charge in [0.1, 0.15) is 24.0 Å². The van der Waals surface area contributed by atoms with E-state index in [1.54, 1.807) is 25.3 Å². The first kappa shape index (κ1) is 29.1. The molecule has 0 aliphatic heterocycles. The maximum absolute atomic E-state index is 13.9. The summed E-state index contributed by atoms with van der Waals surface area (Å²) < 4.78 is 49.3. The zero-order valence-electron chi connectivity index (χ0n) is 22.2. The molecule has 0 saturated heterocycles. The topological polar surface area (TPSA) is 109 Å². The first-order chi connectivity index (χ1) is 18.9. The molecule has 0 aliphatic carbocycles. The Labute approximate surface area is 225 Å². The van der Waals surface area contributed by atoms with E-state index >= 15 is 0 Å². The molecule has 0 unspecified atom stereocenters. The van der Waals surface area contributed by atoms with Crippen LogP contribution in [0.1, 0.15) is 41.2 Å². The Morgan fingerprint density at radius 2 is 1.72 bits per heavy atom. The molecule has 206 valence electrons. The van der Waals surface area contributed by atoms with Crippen molar-refractivity contribution in [1.29, 1.82) is 0 Å². The third kappa shape index (κ3) is 7.32. The summed E-state index contributed by atoms with van der Waals surface area (Å²) in [6.45, 7) is 4.03. The number of aromatic nitrogens is 1. The van der Waals surface area contributed by atoms with E-state index in [0.717, 1.165) is 23.4 Å². The van der Waals surface area contributed by atoms with Gasteiger partial charge >= 0.3 is 0 Å². The zero-order chi connectivity index (χ0) is 28.4. The van der Waals surface area contributed by atoms with E-state index in [1.165, 1.54) is 13.2 Å². The van der Waals surface area contributed by atoms with Crippen LogP contribution in [0.2, 0.25) is 0 Å².